The Labute approximate surface area is 107 Å². The molecular formula is C14H19NO3. The lowest BCUT2D eigenvalue weighted by atomic mass is 9.94. The maximum absolute atomic E-state index is 12.3. The largest absolute Gasteiger partial charge is 0.480 e. The van der Waals surface area contributed by atoms with Crippen molar-refractivity contribution in [3.05, 3.63) is 34.4 Å². The molecule has 4 heteroatoms. The number of aryl methyl sites for hydroxylation is 3. The van der Waals surface area contributed by atoms with E-state index in [1.54, 1.807) is 6.92 Å². The molecule has 0 spiro atoms. The molecule has 0 bridgehead atoms. The van der Waals surface area contributed by atoms with Crippen molar-refractivity contribution in [1.29, 1.82) is 0 Å². The molecule has 0 radical (unpaired) electrons. The van der Waals surface area contributed by atoms with Gasteiger partial charge in [0.05, 0.1) is 12.6 Å². The first-order chi connectivity index (χ1) is 8.32. The molecule has 0 saturated carbocycles. The number of ketones is 1. The third-order valence-corrected chi connectivity index (χ3v) is 2.88. The van der Waals surface area contributed by atoms with Crippen LogP contribution in [-0.4, -0.2) is 29.4 Å². The molecule has 0 aliphatic rings. The van der Waals surface area contributed by atoms with Gasteiger partial charge in [-0.25, -0.2) is 0 Å². The molecule has 0 heterocycles. The van der Waals surface area contributed by atoms with Gasteiger partial charge in [0.15, 0.2) is 5.78 Å². The van der Waals surface area contributed by atoms with E-state index in [1.165, 1.54) is 0 Å². The summed E-state index contributed by atoms with van der Waals surface area (Å²) >= 11 is 0. The summed E-state index contributed by atoms with van der Waals surface area (Å²) in [5.41, 5.74) is 3.67. The molecule has 0 aliphatic heterocycles. The summed E-state index contributed by atoms with van der Waals surface area (Å²) in [4.78, 5) is 22.7. The molecule has 1 aromatic rings. The Morgan fingerprint density at radius 3 is 2.17 bits per heavy atom. The minimum Gasteiger partial charge on any atom is -0.480 e. The van der Waals surface area contributed by atoms with Gasteiger partial charge in [0.1, 0.15) is 0 Å². The summed E-state index contributed by atoms with van der Waals surface area (Å²) in [5.74, 6) is -1.03. The predicted octanol–water partition coefficient (Wildman–Crippen LogP) is 1.86. The van der Waals surface area contributed by atoms with Crippen LogP contribution in [0.15, 0.2) is 12.1 Å². The number of hydrogen-bond donors (Lipinski definition) is 2. The fourth-order valence-electron chi connectivity index (χ4n) is 2.12. The molecule has 0 fully saturated rings. The number of hydrogen-bond acceptors (Lipinski definition) is 3. The summed E-state index contributed by atoms with van der Waals surface area (Å²) in [7, 11) is 0. The second-order valence-corrected chi connectivity index (χ2v) is 4.63. The number of benzene rings is 1. The van der Waals surface area contributed by atoms with E-state index in [0.717, 1.165) is 16.7 Å². The summed E-state index contributed by atoms with van der Waals surface area (Å²) in [6, 6.07) is 3.43. The van der Waals surface area contributed by atoms with E-state index in [2.05, 4.69) is 5.32 Å². The highest BCUT2D eigenvalue weighted by Crippen LogP contribution is 2.18. The van der Waals surface area contributed by atoms with E-state index in [-0.39, 0.29) is 12.3 Å². The Hall–Kier alpha value is -1.68. The van der Waals surface area contributed by atoms with Crippen LogP contribution in [0.25, 0.3) is 0 Å². The summed E-state index contributed by atoms with van der Waals surface area (Å²) < 4.78 is 0. The fraction of sp³-hybridized carbons (Fsp3) is 0.429. The van der Waals surface area contributed by atoms with Gasteiger partial charge in [0, 0.05) is 5.56 Å². The van der Waals surface area contributed by atoms with Crippen molar-refractivity contribution in [2.24, 2.45) is 0 Å². The standard InChI is InChI=1S/C14H19NO3/c1-8-5-9(2)13(10(3)6-8)14(18)11(4)15-7-12(16)17/h5-6,11,15H,7H2,1-4H3,(H,16,17). The highest BCUT2D eigenvalue weighted by molar-refractivity contribution is 6.02. The Morgan fingerprint density at radius 1 is 1.22 bits per heavy atom. The molecule has 18 heavy (non-hydrogen) atoms. The van der Waals surface area contributed by atoms with Crippen LogP contribution in [0.1, 0.15) is 34.0 Å². The Morgan fingerprint density at radius 2 is 1.72 bits per heavy atom. The van der Waals surface area contributed by atoms with Gasteiger partial charge in [-0.1, -0.05) is 17.7 Å². The summed E-state index contributed by atoms with van der Waals surface area (Å²) in [5, 5.41) is 11.3. The maximum Gasteiger partial charge on any atom is 0.317 e. The van der Waals surface area contributed by atoms with Gasteiger partial charge in [0.2, 0.25) is 0 Å². The van der Waals surface area contributed by atoms with E-state index in [0.29, 0.717) is 5.56 Å². The summed E-state index contributed by atoms with van der Waals surface area (Å²) in [6.45, 7) is 7.26. The minimum atomic E-state index is -0.966. The molecule has 1 unspecified atom stereocenters. The molecule has 4 nitrogen and oxygen atoms in total. The molecule has 1 aromatic carbocycles. The number of carbonyl (C=O) groups is 2. The number of carboxylic acid groups (broad SMARTS) is 1. The zero-order valence-electron chi connectivity index (χ0n) is 11.2. The first-order valence-electron chi connectivity index (χ1n) is 5.90. The molecule has 0 aliphatic carbocycles. The smallest absolute Gasteiger partial charge is 0.317 e. The molecule has 2 N–H and O–H groups in total. The number of rotatable bonds is 5. The Balaban J connectivity index is 2.93. The van der Waals surface area contributed by atoms with Crippen molar-refractivity contribution in [3.63, 3.8) is 0 Å². The van der Waals surface area contributed by atoms with Crippen molar-refractivity contribution in [3.8, 4) is 0 Å². The molecule has 0 saturated heterocycles. The van der Waals surface area contributed by atoms with Crippen LogP contribution >= 0.6 is 0 Å². The SMILES string of the molecule is Cc1cc(C)c(C(=O)C(C)NCC(=O)O)c(C)c1. The topological polar surface area (TPSA) is 66.4 Å². The number of carbonyl (C=O) groups excluding carboxylic acids is 1. The van der Waals surface area contributed by atoms with Crippen molar-refractivity contribution in [1.82, 2.24) is 5.32 Å². The van der Waals surface area contributed by atoms with Crippen LogP contribution in [0.2, 0.25) is 0 Å². The van der Waals surface area contributed by atoms with Crippen LogP contribution in [0, 0.1) is 20.8 Å². The zero-order valence-corrected chi connectivity index (χ0v) is 11.2. The quantitative estimate of drug-likeness (QED) is 0.782. The lowest BCUT2D eigenvalue weighted by Crippen LogP contribution is -2.38. The first kappa shape index (κ1) is 14.4. The van der Waals surface area contributed by atoms with Crippen LogP contribution in [0.5, 0.6) is 0 Å². The number of Topliss-reactive ketones (excluding diaryl/α,β-unsaturated/α-hetero) is 1. The Kier molecular flexibility index (Phi) is 4.62. The van der Waals surface area contributed by atoms with Crippen LogP contribution < -0.4 is 5.32 Å². The zero-order chi connectivity index (χ0) is 13.9. The van der Waals surface area contributed by atoms with Crippen LogP contribution in [-0.2, 0) is 4.79 Å². The van der Waals surface area contributed by atoms with Gasteiger partial charge < -0.3 is 5.11 Å². The molecule has 98 valence electrons. The molecule has 1 rings (SSSR count). The first-order valence-corrected chi connectivity index (χ1v) is 5.90. The monoisotopic (exact) mass is 249 g/mol. The number of aliphatic carboxylic acids is 1. The average molecular weight is 249 g/mol. The van der Waals surface area contributed by atoms with E-state index >= 15 is 0 Å². The third kappa shape index (κ3) is 3.40. The van der Waals surface area contributed by atoms with Gasteiger partial charge in [-0.2, -0.15) is 0 Å². The summed E-state index contributed by atoms with van der Waals surface area (Å²) in [6.07, 6.45) is 0. The lowest BCUT2D eigenvalue weighted by molar-refractivity contribution is -0.136. The van der Waals surface area contributed by atoms with E-state index in [9.17, 15) is 9.59 Å². The van der Waals surface area contributed by atoms with E-state index in [4.69, 9.17) is 5.11 Å². The number of carboxylic acids is 1. The average Bonchev–Trinajstić information content (AvgIpc) is 2.24. The normalized spacial score (nSPS) is 12.2. The van der Waals surface area contributed by atoms with Gasteiger partial charge in [-0.3, -0.25) is 14.9 Å². The molecular weight excluding hydrogens is 230 g/mol. The highest BCUT2D eigenvalue weighted by atomic mass is 16.4. The van der Waals surface area contributed by atoms with E-state index in [1.807, 2.05) is 32.9 Å². The van der Waals surface area contributed by atoms with Gasteiger partial charge in [-0.05, 0) is 38.8 Å². The maximum atomic E-state index is 12.3. The van der Waals surface area contributed by atoms with Crippen molar-refractivity contribution in [2.75, 3.05) is 6.54 Å². The fourth-order valence-corrected chi connectivity index (χ4v) is 2.12. The molecule has 0 amide bonds. The predicted molar refractivity (Wildman–Crippen MR) is 70.1 cm³/mol. The second kappa shape index (κ2) is 5.78. The van der Waals surface area contributed by atoms with Crippen molar-refractivity contribution >= 4 is 11.8 Å². The highest BCUT2D eigenvalue weighted by Gasteiger charge is 2.19. The Bertz CT molecular complexity index is 457. The van der Waals surface area contributed by atoms with Gasteiger partial charge in [-0.15, -0.1) is 0 Å². The van der Waals surface area contributed by atoms with Crippen molar-refractivity contribution < 1.29 is 14.7 Å². The van der Waals surface area contributed by atoms with E-state index < -0.39 is 12.0 Å². The second-order valence-electron chi connectivity index (χ2n) is 4.63. The molecule has 0 aromatic heterocycles. The van der Waals surface area contributed by atoms with Crippen LogP contribution in [0.4, 0.5) is 0 Å². The minimum absolute atomic E-state index is 0.0637. The third-order valence-electron chi connectivity index (χ3n) is 2.88. The van der Waals surface area contributed by atoms with Crippen molar-refractivity contribution in [2.45, 2.75) is 33.7 Å². The van der Waals surface area contributed by atoms with Gasteiger partial charge in [0.25, 0.3) is 0 Å². The lowest BCUT2D eigenvalue weighted by Gasteiger charge is -2.15. The van der Waals surface area contributed by atoms with Gasteiger partial charge >= 0.3 is 5.97 Å². The molecule has 1 atom stereocenters. The van der Waals surface area contributed by atoms with Crippen LogP contribution in [0.3, 0.4) is 0 Å². The number of nitrogens with one attached hydrogen (secondary N) is 1.